The molecule has 1 heterocycles. The van der Waals surface area contributed by atoms with Crippen LogP contribution in [0.1, 0.15) is 26.3 Å². The second-order valence-electron chi connectivity index (χ2n) is 3.19. The van der Waals surface area contributed by atoms with E-state index >= 15 is 0 Å². The minimum Gasteiger partial charge on any atom is -0.304 e. The second kappa shape index (κ2) is 3.99. The van der Waals surface area contributed by atoms with Crippen LogP contribution in [0.25, 0.3) is 0 Å². The molecule has 0 fully saturated rings. The molecule has 10 heavy (non-hydrogen) atoms. The van der Waals surface area contributed by atoms with Crippen LogP contribution in [-0.2, 0) is 38.1 Å². The van der Waals surface area contributed by atoms with Crippen molar-refractivity contribution in [3.63, 3.8) is 0 Å². The van der Waals surface area contributed by atoms with E-state index in [4.69, 9.17) is 0 Å². The van der Waals surface area contributed by atoms with Gasteiger partial charge in [-0.15, -0.1) is 5.38 Å². The second-order valence-corrected chi connectivity index (χ2v) is 3.90. The summed E-state index contributed by atoms with van der Waals surface area (Å²) >= 11 is 1.64. The predicted octanol–water partition coefficient (Wildman–Crippen LogP) is 2.84. The van der Waals surface area contributed by atoms with Crippen LogP contribution in [0.4, 0.5) is 0 Å². The van der Waals surface area contributed by atoms with E-state index in [0.29, 0.717) is 0 Å². The monoisotopic (exact) mass is 228 g/mol. The Hall–Kier alpha value is 0.804. The SMILES string of the molecule is CC(C)(C)c1[c-]scc1.[Y]. The molecule has 0 N–H and O–H groups in total. The fourth-order valence-electron chi connectivity index (χ4n) is 0.637. The van der Waals surface area contributed by atoms with Gasteiger partial charge in [-0.2, -0.15) is 10.9 Å². The molecule has 0 aliphatic rings. The fourth-order valence-corrected chi connectivity index (χ4v) is 1.41. The van der Waals surface area contributed by atoms with Gasteiger partial charge in [0.25, 0.3) is 0 Å². The summed E-state index contributed by atoms with van der Waals surface area (Å²) in [6, 6.07) is 2.13. The molecular formula is C8H11SY-. The van der Waals surface area contributed by atoms with E-state index in [1.165, 1.54) is 5.56 Å². The van der Waals surface area contributed by atoms with Crippen LogP contribution in [0.15, 0.2) is 11.4 Å². The summed E-state index contributed by atoms with van der Waals surface area (Å²) in [6.07, 6.45) is 0. The summed E-state index contributed by atoms with van der Waals surface area (Å²) in [4.78, 5) is 0. The van der Waals surface area contributed by atoms with E-state index in [-0.39, 0.29) is 38.1 Å². The molecule has 2 heteroatoms. The van der Waals surface area contributed by atoms with Crippen LogP contribution in [-0.4, -0.2) is 0 Å². The van der Waals surface area contributed by atoms with E-state index in [9.17, 15) is 0 Å². The zero-order valence-corrected chi connectivity index (χ0v) is 10.3. The largest absolute Gasteiger partial charge is 0.304 e. The predicted molar refractivity (Wildman–Crippen MR) is 41.9 cm³/mol. The molecule has 1 aromatic heterocycles. The van der Waals surface area contributed by atoms with Crippen LogP contribution in [0, 0.1) is 5.38 Å². The minimum absolute atomic E-state index is 0. The number of thiophene rings is 1. The summed E-state index contributed by atoms with van der Waals surface area (Å²) in [5, 5.41) is 5.29. The first-order chi connectivity index (χ1) is 4.11. The third-order valence-electron chi connectivity index (χ3n) is 1.28. The van der Waals surface area contributed by atoms with Crippen molar-refractivity contribution in [1.82, 2.24) is 0 Å². The van der Waals surface area contributed by atoms with E-state index < -0.39 is 0 Å². The Morgan fingerprint density at radius 2 is 2.00 bits per heavy atom. The molecule has 53 valence electrons. The van der Waals surface area contributed by atoms with Crippen molar-refractivity contribution in [1.29, 1.82) is 0 Å². The maximum Gasteiger partial charge on any atom is 0 e. The molecule has 1 aromatic rings. The number of hydrogen-bond acceptors (Lipinski definition) is 1. The third-order valence-corrected chi connectivity index (χ3v) is 1.89. The van der Waals surface area contributed by atoms with Gasteiger partial charge in [-0.1, -0.05) is 20.8 Å². The molecule has 0 nitrogen and oxygen atoms in total. The van der Waals surface area contributed by atoms with E-state index in [2.05, 4.69) is 37.6 Å². The van der Waals surface area contributed by atoms with Crippen molar-refractivity contribution in [2.75, 3.05) is 0 Å². The Kier molecular flexibility index (Phi) is 4.31. The summed E-state index contributed by atoms with van der Waals surface area (Å²) in [5.41, 5.74) is 1.59. The zero-order chi connectivity index (χ0) is 6.91. The fraction of sp³-hybridized carbons (Fsp3) is 0.500. The van der Waals surface area contributed by atoms with Crippen LogP contribution < -0.4 is 0 Å². The molecule has 0 spiro atoms. The van der Waals surface area contributed by atoms with E-state index in [1.54, 1.807) is 11.3 Å². The molecule has 0 bridgehead atoms. The average molecular weight is 228 g/mol. The Bertz CT molecular complexity index is 172. The smallest absolute Gasteiger partial charge is 0 e. The van der Waals surface area contributed by atoms with Gasteiger partial charge in [0.1, 0.15) is 0 Å². The number of rotatable bonds is 0. The van der Waals surface area contributed by atoms with Gasteiger partial charge in [-0.3, -0.25) is 0 Å². The van der Waals surface area contributed by atoms with Crippen LogP contribution in [0.5, 0.6) is 0 Å². The Morgan fingerprint density at radius 1 is 1.40 bits per heavy atom. The Labute approximate surface area is 91.9 Å². The van der Waals surface area contributed by atoms with Gasteiger partial charge in [-0.05, 0) is 5.41 Å². The maximum atomic E-state index is 3.22. The molecule has 0 saturated heterocycles. The van der Waals surface area contributed by atoms with Gasteiger partial charge in [-0.25, -0.2) is 6.07 Å². The van der Waals surface area contributed by atoms with E-state index in [1.807, 2.05) is 0 Å². The first-order valence-electron chi connectivity index (χ1n) is 3.06. The van der Waals surface area contributed by atoms with Crippen molar-refractivity contribution >= 4 is 11.3 Å². The minimum atomic E-state index is 0. The Balaban J connectivity index is 0.000000810. The summed E-state index contributed by atoms with van der Waals surface area (Å²) in [7, 11) is 0. The molecule has 0 aliphatic heterocycles. The number of hydrogen-bond donors (Lipinski definition) is 0. The van der Waals surface area contributed by atoms with Gasteiger partial charge in [0.05, 0.1) is 0 Å². The molecular weight excluding hydrogens is 217 g/mol. The van der Waals surface area contributed by atoms with Crippen LogP contribution >= 0.6 is 11.3 Å². The van der Waals surface area contributed by atoms with Gasteiger partial charge < -0.3 is 11.3 Å². The first kappa shape index (κ1) is 10.8. The molecule has 1 rings (SSSR count). The topological polar surface area (TPSA) is 0 Å². The molecule has 0 atom stereocenters. The normalized spacial score (nSPS) is 10.7. The van der Waals surface area contributed by atoms with Crippen molar-refractivity contribution < 1.29 is 32.7 Å². The summed E-state index contributed by atoms with van der Waals surface area (Å²) in [5.74, 6) is 0. The van der Waals surface area contributed by atoms with Crippen LogP contribution in [0.3, 0.4) is 0 Å². The summed E-state index contributed by atoms with van der Waals surface area (Å²) in [6.45, 7) is 6.60. The quantitative estimate of drug-likeness (QED) is 0.599. The van der Waals surface area contributed by atoms with Crippen molar-refractivity contribution in [2.45, 2.75) is 26.2 Å². The van der Waals surface area contributed by atoms with E-state index in [0.717, 1.165) is 0 Å². The van der Waals surface area contributed by atoms with Gasteiger partial charge in [0.15, 0.2) is 0 Å². The third kappa shape index (κ3) is 2.81. The molecule has 0 aromatic carbocycles. The van der Waals surface area contributed by atoms with Gasteiger partial charge >= 0.3 is 0 Å². The molecule has 0 unspecified atom stereocenters. The van der Waals surface area contributed by atoms with Crippen molar-refractivity contribution in [3.8, 4) is 0 Å². The molecule has 0 aliphatic carbocycles. The standard InChI is InChI=1S/C8H11S.Y/c1-8(2,3)7-4-5-9-6-7;/h4-5H,1-3H3;/q-1;. The van der Waals surface area contributed by atoms with Gasteiger partial charge in [0, 0.05) is 32.7 Å². The Morgan fingerprint density at radius 3 is 2.20 bits per heavy atom. The molecule has 0 amide bonds. The first-order valence-corrected chi connectivity index (χ1v) is 3.94. The maximum absolute atomic E-state index is 3.22. The van der Waals surface area contributed by atoms with Crippen LogP contribution in [0.2, 0.25) is 0 Å². The molecule has 0 saturated carbocycles. The summed E-state index contributed by atoms with van der Waals surface area (Å²) < 4.78 is 0. The zero-order valence-electron chi connectivity index (χ0n) is 6.64. The van der Waals surface area contributed by atoms with Crippen molar-refractivity contribution in [2.24, 2.45) is 0 Å². The average Bonchev–Trinajstić information content (AvgIpc) is 2.08. The molecule has 1 radical (unpaired) electrons. The van der Waals surface area contributed by atoms with Crippen molar-refractivity contribution in [3.05, 3.63) is 22.4 Å². The van der Waals surface area contributed by atoms with Gasteiger partial charge in [0.2, 0.25) is 0 Å².